The molecular formula is C8H7N7. The molecule has 1 aromatic carbocycles. The summed E-state index contributed by atoms with van der Waals surface area (Å²) in [5.74, 6) is 0.675. The van der Waals surface area contributed by atoms with Crippen LogP contribution in [0.5, 0.6) is 0 Å². The van der Waals surface area contributed by atoms with Gasteiger partial charge in [-0.05, 0) is 22.6 Å². The largest absolute Gasteiger partial charge is 0.228 e. The highest BCUT2D eigenvalue weighted by Crippen LogP contribution is 2.22. The van der Waals surface area contributed by atoms with Crippen LogP contribution in [0.15, 0.2) is 18.2 Å². The number of aromatic amines is 1. The van der Waals surface area contributed by atoms with Crippen molar-refractivity contribution in [3.8, 4) is 11.4 Å². The highest BCUT2D eigenvalue weighted by atomic mass is 15.5. The maximum absolute atomic E-state index is 4.07. The van der Waals surface area contributed by atoms with E-state index in [0.717, 1.165) is 16.6 Å². The molecule has 3 aromatic rings. The Morgan fingerprint density at radius 1 is 1.27 bits per heavy atom. The van der Waals surface area contributed by atoms with Gasteiger partial charge in [0.2, 0.25) is 0 Å². The van der Waals surface area contributed by atoms with Crippen LogP contribution in [0.4, 0.5) is 0 Å². The first kappa shape index (κ1) is 8.04. The average Bonchev–Trinajstić information content (AvgIpc) is 2.85. The van der Waals surface area contributed by atoms with Gasteiger partial charge in [-0.15, -0.1) is 5.10 Å². The fourth-order valence-corrected chi connectivity index (χ4v) is 1.51. The predicted octanol–water partition coefficient (Wildman–Crippen LogP) is 0.148. The molecule has 0 spiro atoms. The van der Waals surface area contributed by atoms with Crippen molar-refractivity contribution in [1.82, 2.24) is 35.6 Å². The number of aryl methyl sites for hydroxylation is 1. The molecule has 15 heavy (non-hydrogen) atoms. The molecule has 0 saturated heterocycles. The number of para-hydroxylation sites is 1. The van der Waals surface area contributed by atoms with Gasteiger partial charge in [-0.1, -0.05) is 6.07 Å². The third-order valence-corrected chi connectivity index (χ3v) is 2.21. The van der Waals surface area contributed by atoms with Crippen molar-refractivity contribution in [3.63, 3.8) is 0 Å². The van der Waals surface area contributed by atoms with Gasteiger partial charge in [0, 0.05) is 7.05 Å². The van der Waals surface area contributed by atoms with Crippen molar-refractivity contribution < 1.29 is 0 Å². The van der Waals surface area contributed by atoms with Gasteiger partial charge in [0.15, 0.2) is 5.82 Å². The number of benzene rings is 1. The van der Waals surface area contributed by atoms with Crippen LogP contribution in [0.2, 0.25) is 0 Å². The zero-order valence-electron chi connectivity index (χ0n) is 7.92. The van der Waals surface area contributed by atoms with Crippen molar-refractivity contribution >= 4 is 11.0 Å². The Balaban J connectivity index is 2.36. The monoisotopic (exact) mass is 201 g/mol. The summed E-state index contributed by atoms with van der Waals surface area (Å²) in [4.78, 5) is 0. The van der Waals surface area contributed by atoms with E-state index in [1.54, 1.807) is 11.7 Å². The Morgan fingerprint density at radius 2 is 2.20 bits per heavy atom. The summed E-state index contributed by atoms with van der Waals surface area (Å²) in [5.41, 5.74) is 2.44. The third-order valence-electron chi connectivity index (χ3n) is 2.21. The van der Waals surface area contributed by atoms with Gasteiger partial charge in [0.1, 0.15) is 11.0 Å². The molecule has 0 unspecified atom stereocenters. The molecule has 0 fully saturated rings. The molecule has 0 radical (unpaired) electrons. The lowest BCUT2D eigenvalue weighted by Gasteiger charge is -1.98. The summed E-state index contributed by atoms with van der Waals surface area (Å²) in [6.45, 7) is 0. The van der Waals surface area contributed by atoms with E-state index in [1.165, 1.54) is 0 Å². The van der Waals surface area contributed by atoms with Gasteiger partial charge in [-0.25, -0.2) is 4.68 Å². The summed E-state index contributed by atoms with van der Waals surface area (Å²) in [6, 6.07) is 5.69. The Labute approximate surface area is 84.1 Å². The zero-order chi connectivity index (χ0) is 10.3. The molecule has 74 valence electrons. The van der Waals surface area contributed by atoms with Crippen molar-refractivity contribution in [1.29, 1.82) is 0 Å². The maximum Gasteiger partial charge on any atom is 0.184 e. The van der Waals surface area contributed by atoms with Crippen molar-refractivity contribution in [2.75, 3.05) is 0 Å². The fraction of sp³-hybridized carbons (Fsp3) is 0.125. The zero-order valence-corrected chi connectivity index (χ0v) is 7.92. The van der Waals surface area contributed by atoms with Crippen LogP contribution < -0.4 is 0 Å². The highest BCUT2D eigenvalue weighted by Gasteiger charge is 2.11. The fourth-order valence-electron chi connectivity index (χ4n) is 1.51. The van der Waals surface area contributed by atoms with Gasteiger partial charge < -0.3 is 0 Å². The van der Waals surface area contributed by atoms with Gasteiger partial charge in [-0.2, -0.15) is 15.4 Å². The smallest absolute Gasteiger partial charge is 0.184 e. The molecule has 0 amide bonds. The van der Waals surface area contributed by atoms with Crippen LogP contribution in [-0.2, 0) is 7.05 Å². The molecule has 2 aromatic heterocycles. The van der Waals surface area contributed by atoms with Crippen LogP contribution in [0, 0.1) is 0 Å². The Kier molecular flexibility index (Phi) is 1.52. The van der Waals surface area contributed by atoms with Crippen molar-refractivity contribution in [2.24, 2.45) is 7.05 Å². The van der Waals surface area contributed by atoms with Crippen LogP contribution in [-0.4, -0.2) is 35.6 Å². The third kappa shape index (κ3) is 1.09. The van der Waals surface area contributed by atoms with Crippen molar-refractivity contribution in [2.45, 2.75) is 0 Å². The van der Waals surface area contributed by atoms with E-state index in [2.05, 4.69) is 30.9 Å². The normalized spacial score (nSPS) is 11.0. The number of H-pyrrole nitrogens is 1. The number of fused-ring (bicyclic) bond motifs is 1. The lowest BCUT2D eigenvalue weighted by atomic mass is 10.2. The molecule has 0 aliphatic rings. The number of hydrogen-bond acceptors (Lipinski definition) is 5. The second-order valence-electron chi connectivity index (χ2n) is 3.12. The predicted molar refractivity (Wildman–Crippen MR) is 51.7 cm³/mol. The summed E-state index contributed by atoms with van der Waals surface area (Å²) in [6.07, 6.45) is 0. The molecule has 1 N–H and O–H groups in total. The highest BCUT2D eigenvalue weighted by molar-refractivity contribution is 5.88. The first-order valence-corrected chi connectivity index (χ1v) is 4.38. The Bertz CT molecular complexity index is 608. The molecular weight excluding hydrogens is 194 g/mol. The van der Waals surface area contributed by atoms with Gasteiger partial charge in [0.25, 0.3) is 0 Å². The molecule has 0 bridgehead atoms. The summed E-state index contributed by atoms with van der Waals surface area (Å²) in [7, 11) is 1.79. The number of nitrogens with zero attached hydrogens (tertiary/aromatic N) is 6. The van der Waals surface area contributed by atoms with Crippen LogP contribution >= 0.6 is 0 Å². The number of tetrazole rings is 1. The number of rotatable bonds is 1. The number of nitrogens with one attached hydrogen (secondary N) is 1. The molecule has 3 rings (SSSR count). The molecule has 0 atom stereocenters. The molecule has 2 heterocycles. The lowest BCUT2D eigenvalue weighted by molar-refractivity contribution is 0.715. The summed E-state index contributed by atoms with van der Waals surface area (Å²) >= 11 is 0. The minimum Gasteiger partial charge on any atom is -0.228 e. The molecule has 0 aliphatic carbocycles. The van der Waals surface area contributed by atoms with E-state index >= 15 is 0 Å². The topological polar surface area (TPSA) is 85.2 Å². The number of hydrogen-bond donors (Lipinski definition) is 1. The second kappa shape index (κ2) is 2.84. The van der Waals surface area contributed by atoms with Gasteiger partial charge >= 0.3 is 0 Å². The first-order valence-electron chi connectivity index (χ1n) is 4.38. The van der Waals surface area contributed by atoms with Crippen LogP contribution in [0.3, 0.4) is 0 Å². The molecule has 0 aliphatic heterocycles. The molecule has 7 nitrogen and oxygen atoms in total. The minimum absolute atomic E-state index is 0.675. The lowest BCUT2D eigenvalue weighted by Crippen LogP contribution is -1.95. The maximum atomic E-state index is 4.07. The van der Waals surface area contributed by atoms with E-state index in [1.807, 2.05) is 18.2 Å². The average molecular weight is 201 g/mol. The van der Waals surface area contributed by atoms with Crippen LogP contribution in [0.25, 0.3) is 22.4 Å². The molecule has 7 heteroatoms. The van der Waals surface area contributed by atoms with E-state index < -0.39 is 0 Å². The summed E-state index contributed by atoms with van der Waals surface area (Å²) in [5, 5.41) is 22.0. The van der Waals surface area contributed by atoms with E-state index in [-0.39, 0.29) is 0 Å². The quantitative estimate of drug-likeness (QED) is 0.605. The Hall–Kier alpha value is -2.31. The van der Waals surface area contributed by atoms with Crippen LogP contribution in [0.1, 0.15) is 0 Å². The van der Waals surface area contributed by atoms with Gasteiger partial charge in [-0.3, -0.25) is 0 Å². The van der Waals surface area contributed by atoms with E-state index in [0.29, 0.717) is 5.82 Å². The van der Waals surface area contributed by atoms with E-state index in [4.69, 9.17) is 0 Å². The SMILES string of the molecule is Cn1nnnc1-c1cccc2n[nH]nc12. The van der Waals surface area contributed by atoms with Crippen molar-refractivity contribution in [3.05, 3.63) is 18.2 Å². The molecule has 0 saturated carbocycles. The summed E-state index contributed by atoms with van der Waals surface area (Å²) < 4.78 is 1.60. The standard InChI is InChI=1S/C8H7N7/c1-15-8(11-13-14-15)5-3-2-4-6-7(5)10-12-9-6/h2-4H,1H3,(H,9,10,12). The second-order valence-corrected chi connectivity index (χ2v) is 3.12. The number of aromatic nitrogens is 7. The van der Waals surface area contributed by atoms with E-state index in [9.17, 15) is 0 Å². The van der Waals surface area contributed by atoms with Gasteiger partial charge in [0.05, 0.1) is 5.56 Å². The first-order chi connectivity index (χ1) is 7.36. The minimum atomic E-state index is 0.675. The Morgan fingerprint density at radius 3 is 3.00 bits per heavy atom.